The van der Waals surface area contributed by atoms with Gasteiger partial charge in [-0.2, -0.15) is 5.10 Å². The van der Waals surface area contributed by atoms with E-state index in [2.05, 4.69) is 22.1 Å². The van der Waals surface area contributed by atoms with Gasteiger partial charge in [-0.3, -0.25) is 0 Å². The molecule has 0 spiro atoms. The molecule has 3 nitrogen and oxygen atoms in total. The zero-order valence-electron chi connectivity index (χ0n) is 7.57. The van der Waals surface area contributed by atoms with Crippen LogP contribution in [0.2, 0.25) is 5.15 Å². The third-order valence-corrected chi connectivity index (χ3v) is 2.66. The number of nitrogens with zero attached hydrogens (tertiary/aromatic N) is 3. The SMILES string of the molecule is CN1CCC(c2ccc(Cl)nn2)C1. The van der Waals surface area contributed by atoms with E-state index in [-0.39, 0.29) is 0 Å². The first kappa shape index (κ1) is 8.91. The van der Waals surface area contributed by atoms with E-state index in [9.17, 15) is 0 Å². The predicted octanol–water partition coefficient (Wildman–Crippen LogP) is 1.55. The largest absolute Gasteiger partial charge is 0.306 e. The zero-order valence-corrected chi connectivity index (χ0v) is 8.33. The molecule has 1 fully saturated rings. The predicted molar refractivity (Wildman–Crippen MR) is 51.9 cm³/mol. The Bertz CT molecular complexity index is 285. The van der Waals surface area contributed by atoms with Crippen molar-refractivity contribution in [3.8, 4) is 0 Å². The summed E-state index contributed by atoms with van der Waals surface area (Å²) >= 11 is 5.66. The molecular weight excluding hydrogens is 186 g/mol. The Morgan fingerprint density at radius 3 is 2.85 bits per heavy atom. The van der Waals surface area contributed by atoms with Gasteiger partial charge in [-0.1, -0.05) is 11.6 Å². The second-order valence-corrected chi connectivity index (χ2v) is 3.92. The van der Waals surface area contributed by atoms with E-state index in [1.54, 1.807) is 0 Å². The van der Waals surface area contributed by atoms with Gasteiger partial charge in [0.05, 0.1) is 5.69 Å². The molecule has 0 aliphatic carbocycles. The lowest BCUT2D eigenvalue weighted by Gasteiger charge is -2.08. The lowest BCUT2D eigenvalue weighted by Crippen LogP contribution is -2.13. The van der Waals surface area contributed by atoms with E-state index in [0.29, 0.717) is 11.1 Å². The molecule has 1 aliphatic rings. The molecular formula is C9H12ClN3. The van der Waals surface area contributed by atoms with Crippen LogP contribution in [0.3, 0.4) is 0 Å². The summed E-state index contributed by atoms with van der Waals surface area (Å²) in [4.78, 5) is 2.31. The molecule has 0 saturated carbocycles. The Labute approximate surface area is 82.7 Å². The lowest BCUT2D eigenvalue weighted by atomic mass is 10.1. The van der Waals surface area contributed by atoms with E-state index in [1.165, 1.54) is 6.42 Å². The monoisotopic (exact) mass is 197 g/mol. The van der Waals surface area contributed by atoms with Gasteiger partial charge in [-0.15, -0.1) is 5.10 Å². The van der Waals surface area contributed by atoms with Gasteiger partial charge in [0.1, 0.15) is 0 Å². The zero-order chi connectivity index (χ0) is 9.26. The number of likely N-dealkylation sites (N-methyl/N-ethyl adjacent to an activating group) is 1. The van der Waals surface area contributed by atoms with Gasteiger partial charge < -0.3 is 4.90 Å². The normalized spacial score (nSPS) is 23.7. The van der Waals surface area contributed by atoms with E-state index >= 15 is 0 Å². The maximum absolute atomic E-state index is 5.66. The Hall–Kier alpha value is -0.670. The number of halogens is 1. The third-order valence-electron chi connectivity index (χ3n) is 2.46. The summed E-state index contributed by atoms with van der Waals surface area (Å²) in [6.07, 6.45) is 1.17. The highest BCUT2D eigenvalue weighted by atomic mass is 35.5. The molecule has 1 saturated heterocycles. The highest BCUT2D eigenvalue weighted by molar-refractivity contribution is 6.29. The van der Waals surface area contributed by atoms with Crippen LogP contribution in [0.5, 0.6) is 0 Å². The molecule has 4 heteroatoms. The molecule has 2 rings (SSSR count). The number of aromatic nitrogens is 2. The quantitative estimate of drug-likeness (QED) is 0.684. The van der Waals surface area contributed by atoms with Gasteiger partial charge in [0.15, 0.2) is 5.15 Å². The molecule has 1 aromatic heterocycles. The fourth-order valence-corrected chi connectivity index (χ4v) is 1.82. The van der Waals surface area contributed by atoms with Gasteiger partial charge in [-0.25, -0.2) is 0 Å². The van der Waals surface area contributed by atoms with Crippen LogP contribution in [0.25, 0.3) is 0 Å². The van der Waals surface area contributed by atoms with Gasteiger partial charge in [-0.05, 0) is 32.1 Å². The average Bonchev–Trinajstić information content (AvgIpc) is 2.53. The molecule has 0 bridgehead atoms. The molecule has 2 heterocycles. The van der Waals surface area contributed by atoms with E-state index in [4.69, 9.17) is 11.6 Å². The van der Waals surface area contributed by atoms with Crippen LogP contribution in [0.15, 0.2) is 12.1 Å². The standard InChI is InChI=1S/C9H12ClN3/c1-13-5-4-7(6-13)8-2-3-9(10)12-11-8/h2-3,7H,4-6H2,1H3. The molecule has 1 unspecified atom stereocenters. The van der Waals surface area contributed by atoms with Crippen molar-refractivity contribution in [3.05, 3.63) is 23.0 Å². The first-order valence-electron chi connectivity index (χ1n) is 4.43. The van der Waals surface area contributed by atoms with Gasteiger partial charge in [0.25, 0.3) is 0 Å². The molecule has 0 N–H and O–H groups in total. The lowest BCUT2D eigenvalue weighted by molar-refractivity contribution is 0.410. The van der Waals surface area contributed by atoms with Gasteiger partial charge in [0, 0.05) is 12.5 Å². The summed E-state index contributed by atoms with van der Waals surface area (Å²) in [6.45, 7) is 2.23. The van der Waals surface area contributed by atoms with Crippen LogP contribution in [0, 0.1) is 0 Å². The number of likely N-dealkylation sites (tertiary alicyclic amines) is 1. The molecule has 0 aromatic carbocycles. The van der Waals surface area contributed by atoms with E-state index in [0.717, 1.165) is 18.8 Å². The number of hydrogen-bond acceptors (Lipinski definition) is 3. The first-order chi connectivity index (χ1) is 6.25. The highest BCUT2D eigenvalue weighted by Gasteiger charge is 2.22. The molecule has 1 aliphatic heterocycles. The minimum atomic E-state index is 0.468. The second-order valence-electron chi connectivity index (χ2n) is 3.53. The van der Waals surface area contributed by atoms with Crippen LogP contribution in [-0.4, -0.2) is 35.2 Å². The summed E-state index contributed by atoms with van der Waals surface area (Å²) in [5.74, 6) is 0.537. The van der Waals surface area contributed by atoms with Crippen LogP contribution in [-0.2, 0) is 0 Å². The first-order valence-corrected chi connectivity index (χ1v) is 4.81. The van der Waals surface area contributed by atoms with Crippen molar-refractivity contribution in [2.75, 3.05) is 20.1 Å². The summed E-state index contributed by atoms with van der Waals surface area (Å²) < 4.78 is 0. The minimum Gasteiger partial charge on any atom is -0.306 e. The topological polar surface area (TPSA) is 29.0 Å². The molecule has 70 valence electrons. The van der Waals surface area contributed by atoms with Gasteiger partial charge in [0.2, 0.25) is 0 Å². The highest BCUT2D eigenvalue weighted by Crippen LogP contribution is 2.24. The van der Waals surface area contributed by atoms with E-state index < -0.39 is 0 Å². The van der Waals surface area contributed by atoms with Crippen LogP contribution in [0.1, 0.15) is 18.0 Å². The van der Waals surface area contributed by atoms with Crippen molar-refractivity contribution in [2.24, 2.45) is 0 Å². The summed E-state index contributed by atoms with van der Waals surface area (Å²) in [5.41, 5.74) is 1.06. The number of rotatable bonds is 1. The summed E-state index contributed by atoms with van der Waals surface area (Å²) in [5, 5.41) is 8.40. The van der Waals surface area contributed by atoms with Crippen molar-refractivity contribution >= 4 is 11.6 Å². The Morgan fingerprint density at radius 1 is 1.46 bits per heavy atom. The van der Waals surface area contributed by atoms with Crippen LogP contribution < -0.4 is 0 Å². The second kappa shape index (κ2) is 3.60. The van der Waals surface area contributed by atoms with Crippen molar-refractivity contribution in [3.63, 3.8) is 0 Å². The maximum Gasteiger partial charge on any atom is 0.151 e. The Balaban J connectivity index is 2.13. The van der Waals surface area contributed by atoms with Crippen molar-refractivity contribution < 1.29 is 0 Å². The van der Waals surface area contributed by atoms with Gasteiger partial charge >= 0.3 is 0 Å². The fourth-order valence-electron chi connectivity index (χ4n) is 1.72. The fraction of sp³-hybridized carbons (Fsp3) is 0.556. The smallest absolute Gasteiger partial charge is 0.151 e. The summed E-state index contributed by atoms with van der Waals surface area (Å²) in [6, 6.07) is 3.78. The van der Waals surface area contributed by atoms with Crippen molar-refractivity contribution in [1.29, 1.82) is 0 Å². The Kier molecular flexibility index (Phi) is 2.47. The summed E-state index contributed by atoms with van der Waals surface area (Å²) in [7, 11) is 2.13. The third kappa shape index (κ3) is 1.98. The molecule has 13 heavy (non-hydrogen) atoms. The molecule has 1 aromatic rings. The average molecular weight is 198 g/mol. The maximum atomic E-state index is 5.66. The van der Waals surface area contributed by atoms with Crippen LogP contribution >= 0.6 is 11.6 Å². The number of hydrogen-bond donors (Lipinski definition) is 0. The van der Waals surface area contributed by atoms with Crippen molar-refractivity contribution in [1.82, 2.24) is 15.1 Å². The van der Waals surface area contributed by atoms with Crippen molar-refractivity contribution in [2.45, 2.75) is 12.3 Å². The molecule has 0 radical (unpaired) electrons. The minimum absolute atomic E-state index is 0.468. The van der Waals surface area contributed by atoms with Crippen LogP contribution in [0.4, 0.5) is 0 Å². The Morgan fingerprint density at radius 2 is 2.31 bits per heavy atom. The molecule has 0 amide bonds. The van der Waals surface area contributed by atoms with E-state index in [1.807, 2.05) is 12.1 Å². The molecule has 1 atom stereocenters.